The molecule has 0 spiro atoms. The van der Waals surface area contributed by atoms with E-state index in [1.807, 2.05) is 0 Å². The minimum Gasteiger partial charge on any atom is -0.369 e. The normalized spacial score (nSPS) is 24.4. The molecule has 0 amide bonds. The second-order valence-corrected chi connectivity index (χ2v) is 14.6. The van der Waals surface area contributed by atoms with Crippen LogP contribution in [0.15, 0.2) is 48.9 Å². The van der Waals surface area contributed by atoms with Crippen LogP contribution >= 0.6 is 0 Å². The summed E-state index contributed by atoms with van der Waals surface area (Å²) in [6.45, 7) is 38.7. The quantitative estimate of drug-likeness (QED) is 0.208. The summed E-state index contributed by atoms with van der Waals surface area (Å²) in [5, 5.41) is 7.55. The molecule has 2 nitrogen and oxygen atoms in total. The van der Waals surface area contributed by atoms with Gasteiger partial charge >= 0.3 is 0 Å². The summed E-state index contributed by atoms with van der Waals surface area (Å²) in [6.07, 6.45) is 9.83. The van der Waals surface area contributed by atoms with E-state index in [1.165, 1.54) is 48.8 Å². The molecule has 0 radical (unpaired) electrons. The highest BCUT2D eigenvalue weighted by Gasteiger charge is 2.49. The standard InChI is InChI=1S/C34H60N2/c1-14-28-25(6)31(28)29(22(2)3)21-24(5)32(34(11,12)13)36-26(7)35-30(33(8,9)10)20-16-23(4)15-17-27-18-19-27/h25,27-32,35-36H,2,4-5,7,14-21H2,1,3,6,8-13H3/t25?,28-,29?,30?,31+,32?/m1/s1. The Morgan fingerprint density at radius 2 is 1.53 bits per heavy atom. The van der Waals surface area contributed by atoms with Crippen molar-refractivity contribution in [3.05, 3.63) is 48.9 Å². The van der Waals surface area contributed by atoms with E-state index in [0.29, 0.717) is 12.0 Å². The van der Waals surface area contributed by atoms with Crippen LogP contribution in [0.5, 0.6) is 0 Å². The van der Waals surface area contributed by atoms with Crippen LogP contribution in [0.1, 0.15) is 114 Å². The maximum absolute atomic E-state index is 4.63. The number of hydrogen-bond donors (Lipinski definition) is 2. The van der Waals surface area contributed by atoms with Crippen LogP contribution in [0.25, 0.3) is 0 Å². The van der Waals surface area contributed by atoms with Crippen molar-refractivity contribution in [2.45, 2.75) is 126 Å². The zero-order chi connectivity index (χ0) is 27.4. The third-order valence-electron chi connectivity index (χ3n) is 9.06. The fourth-order valence-electron chi connectivity index (χ4n) is 6.29. The van der Waals surface area contributed by atoms with Crippen LogP contribution in [0.3, 0.4) is 0 Å². The van der Waals surface area contributed by atoms with Gasteiger partial charge in [-0.2, -0.15) is 0 Å². The fourth-order valence-corrected chi connectivity index (χ4v) is 6.29. The molecule has 4 unspecified atom stereocenters. The Kier molecular flexibility index (Phi) is 10.6. The summed E-state index contributed by atoms with van der Waals surface area (Å²) in [6, 6.07) is 0.493. The van der Waals surface area contributed by atoms with Crippen LogP contribution in [-0.4, -0.2) is 12.1 Å². The van der Waals surface area contributed by atoms with Crippen LogP contribution in [0.2, 0.25) is 0 Å². The SMILES string of the molecule is C=C(CCC1CC1)CCC(NC(=C)NC(C(=C)CC(C(=C)C)[C@H]1C(C)[C@H]1CC)C(C)(C)C)C(C)(C)C. The summed E-state index contributed by atoms with van der Waals surface area (Å²) >= 11 is 0. The van der Waals surface area contributed by atoms with E-state index in [0.717, 1.165) is 48.8 Å². The van der Waals surface area contributed by atoms with Gasteiger partial charge in [0.05, 0.1) is 11.9 Å². The lowest BCUT2D eigenvalue weighted by Crippen LogP contribution is -2.48. The maximum Gasteiger partial charge on any atom is 0.0919 e. The highest BCUT2D eigenvalue weighted by molar-refractivity contribution is 5.20. The summed E-state index contributed by atoms with van der Waals surface area (Å²) in [5.41, 5.74) is 4.16. The predicted molar refractivity (Wildman–Crippen MR) is 161 cm³/mol. The van der Waals surface area contributed by atoms with E-state index in [9.17, 15) is 0 Å². The molecule has 0 saturated heterocycles. The molecule has 0 aromatic rings. The lowest BCUT2D eigenvalue weighted by Gasteiger charge is -2.39. The Bertz CT molecular complexity index is 785. The fraction of sp³-hybridized carbons (Fsp3) is 0.765. The number of nitrogens with one attached hydrogen (secondary N) is 2. The van der Waals surface area contributed by atoms with Crippen LogP contribution in [0.4, 0.5) is 0 Å². The van der Waals surface area contributed by atoms with Gasteiger partial charge in [-0.05, 0) is 79.4 Å². The maximum atomic E-state index is 4.63. The van der Waals surface area contributed by atoms with Gasteiger partial charge < -0.3 is 10.6 Å². The Balaban J connectivity index is 2.01. The molecule has 6 atom stereocenters. The van der Waals surface area contributed by atoms with Crippen molar-refractivity contribution in [2.24, 2.45) is 40.4 Å². The molecule has 2 aliphatic carbocycles. The van der Waals surface area contributed by atoms with Gasteiger partial charge in [0.25, 0.3) is 0 Å². The molecule has 2 fully saturated rings. The van der Waals surface area contributed by atoms with Crippen molar-refractivity contribution in [3.63, 3.8) is 0 Å². The van der Waals surface area contributed by atoms with Gasteiger partial charge in [-0.15, -0.1) is 0 Å². The Morgan fingerprint density at radius 1 is 0.917 bits per heavy atom. The molecule has 36 heavy (non-hydrogen) atoms. The zero-order valence-electron chi connectivity index (χ0n) is 25.5. The first kappa shape index (κ1) is 30.8. The second-order valence-electron chi connectivity index (χ2n) is 14.6. The summed E-state index contributed by atoms with van der Waals surface area (Å²) < 4.78 is 0. The molecule has 0 aromatic carbocycles. The molecule has 0 aliphatic heterocycles. The number of allylic oxidation sites excluding steroid dienone is 2. The largest absolute Gasteiger partial charge is 0.369 e. The molecule has 2 rings (SSSR count). The summed E-state index contributed by atoms with van der Waals surface area (Å²) in [5.74, 6) is 4.80. The van der Waals surface area contributed by atoms with Crippen molar-refractivity contribution in [1.82, 2.24) is 10.6 Å². The first-order valence-electron chi connectivity index (χ1n) is 14.8. The number of rotatable bonds is 16. The summed E-state index contributed by atoms with van der Waals surface area (Å²) in [7, 11) is 0. The average Bonchev–Trinajstić information content (AvgIpc) is 3.66. The smallest absolute Gasteiger partial charge is 0.0919 e. The van der Waals surface area contributed by atoms with Crippen molar-refractivity contribution >= 4 is 0 Å². The predicted octanol–water partition coefficient (Wildman–Crippen LogP) is 9.42. The molecule has 2 N–H and O–H groups in total. The molecule has 2 saturated carbocycles. The molecule has 206 valence electrons. The second kappa shape index (κ2) is 12.4. The van der Waals surface area contributed by atoms with E-state index < -0.39 is 0 Å². The first-order chi connectivity index (χ1) is 16.6. The van der Waals surface area contributed by atoms with E-state index in [1.54, 1.807) is 0 Å². The monoisotopic (exact) mass is 496 g/mol. The van der Waals surface area contributed by atoms with E-state index in [-0.39, 0.29) is 16.9 Å². The van der Waals surface area contributed by atoms with Gasteiger partial charge in [0.2, 0.25) is 0 Å². The third kappa shape index (κ3) is 9.14. The lowest BCUT2D eigenvalue weighted by atomic mass is 9.77. The van der Waals surface area contributed by atoms with Crippen LogP contribution < -0.4 is 10.6 Å². The van der Waals surface area contributed by atoms with Gasteiger partial charge in [-0.25, -0.2) is 0 Å². The molecule has 0 aromatic heterocycles. The van der Waals surface area contributed by atoms with E-state index >= 15 is 0 Å². The molecular formula is C34H60N2. The average molecular weight is 497 g/mol. The van der Waals surface area contributed by atoms with Gasteiger partial charge in [-0.3, -0.25) is 0 Å². The minimum absolute atomic E-state index is 0.0367. The van der Waals surface area contributed by atoms with E-state index in [4.69, 9.17) is 0 Å². The topological polar surface area (TPSA) is 24.1 Å². The Morgan fingerprint density at radius 3 is 1.97 bits per heavy atom. The van der Waals surface area contributed by atoms with Crippen molar-refractivity contribution in [2.75, 3.05) is 0 Å². The molecule has 2 heteroatoms. The first-order valence-corrected chi connectivity index (χ1v) is 14.8. The molecule has 2 aliphatic rings. The van der Waals surface area contributed by atoms with Crippen molar-refractivity contribution in [1.29, 1.82) is 0 Å². The Hall–Kier alpha value is -1.44. The van der Waals surface area contributed by atoms with Gasteiger partial charge in [-0.1, -0.05) is 118 Å². The lowest BCUT2D eigenvalue weighted by molar-refractivity contribution is 0.251. The Labute approximate surface area is 225 Å². The zero-order valence-corrected chi connectivity index (χ0v) is 25.5. The molecule has 0 heterocycles. The van der Waals surface area contributed by atoms with Crippen LogP contribution in [-0.2, 0) is 0 Å². The van der Waals surface area contributed by atoms with Gasteiger partial charge in [0.15, 0.2) is 0 Å². The van der Waals surface area contributed by atoms with E-state index in [2.05, 4.69) is 99.3 Å². The molecule has 0 bridgehead atoms. The van der Waals surface area contributed by atoms with Crippen LogP contribution in [0, 0.1) is 40.4 Å². The van der Waals surface area contributed by atoms with Crippen molar-refractivity contribution in [3.8, 4) is 0 Å². The highest BCUT2D eigenvalue weighted by Crippen LogP contribution is 2.56. The highest BCUT2D eigenvalue weighted by atomic mass is 15.1. The minimum atomic E-state index is 0.0367. The van der Waals surface area contributed by atoms with Gasteiger partial charge in [0.1, 0.15) is 0 Å². The number of hydrogen-bond acceptors (Lipinski definition) is 2. The molecular weight excluding hydrogens is 436 g/mol. The third-order valence-corrected chi connectivity index (χ3v) is 9.06. The van der Waals surface area contributed by atoms with Gasteiger partial charge in [0, 0.05) is 6.04 Å². The summed E-state index contributed by atoms with van der Waals surface area (Å²) in [4.78, 5) is 0. The van der Waals surface area contributed by atoms with Crippen molar-refractivity contribution < 1.29 is 0 Å².